The Kier molecular flexibility index (Phi) is 8.10. The zero-order chi connectivity index (χ0) is 18.2. The number of nitrogens with one attached hydrogen (secondary N) is 1. The quantitative estimate of drug-likeness (QED) is 0.770. The Hall–Kier alpha value is -1.70. The number of alkyl halides is 3. The minimum absolute atomic E-state index is 0.00562. The first-order valence-electron chi connectivity index (χ1n) is 7.50. The molecule has 0 spiro atoms. The highest BCUT2D eigenvalue weighted by molar-refractivity contribution is 8.00. The third kappa shape index (κ3) is 8.24. The van der Waals surface area contributed by atoms with Crippen molar-refractivity contribution in [3.63, 3.8) is 0 Å². The van der Waals surface area contributed by atoms with E-state index in [0.717, 1.165) is 22.2 Å². The number of hydrogen-bond acceptors (Lipinski definition) is 3. The summed E-state index contributed by atoms with van der Waals surface area (Å²) < 4.78 is 37.3. The fraction of sp³-hybridized carbons (Fsp3) is 0.500. The van der Waals surface area contributed by atoms with Crippen molar-refractivity contribution in [2.24, 2.45) is 0 Å². The molecule has 8 heteroatoms. The van der Waals surface area contributed by atoms with Crippen LogP contribution in [0.3, 0.4) is 0 Å². The molecule has 2 amide bonds. The number of carbonyl (C=O) groups is 2. The number of halogens is 3. The first-order valence-corrected chi connectivity index (χ1v) is 8.65. The zero-order valence-corrected chi connectivity index (χ0v) is 14.5. The monoisotopic (exact) mass is 362 g/mol. The molecular formula is C16H21F3N2O2S. The maximum Gasteiger partial charge on any atom is 0.406 e. The van der Waals surface area contributed by atoms with Crippen molar-refractivity contribution in [2.75, 3.05) is 29.9 Å². The van der Waals surface area contributed by atoms with E-state index in [1.807, 2.05) is 13.0 Å². The molecule has 0 heterocycles. The van der Waals surface area contributed by atoms with Crippen LogP contribution in [-0.2, 0) is 9.59 Å². The first kappa shape index (κ1) is 20.3. The van der Waals surface area contributed by atoms with Gasteiger partial charge in [0.15, 0.2) is 0 Å². The summed E-state index contributed by atoms with van der Waals surface area (Å²) in [6.45, 7) is 2.40. The summed E-state index contributed by atoms with van der Waals surface area (Å²) in [6, 6.07) is 7.25. The molecule has 1 N–H and O–H groups in total. The number of rotatable bonds is 8. The lowest BCUT2D eigenvalue weighted by atomic mass is 10.2. The van der Waals surface area contributed by atoms with Gasteiger partial charge in [-0.2, -0.15) is 13.2 Å². The van der Waals surface area contributed by atoms with E-state index in [0.29, 0.717) is 12.1 Å². The molecule has 1 aromatic rings. The van der Waals surface area contributed by atoms with Gasteiger partial charge in [-0.15, -0.1) is 11.8 Å². The Labute approximate surface area is 143 Å². The Balaban J connectivity index is 2.41. The van der Waals surface area contributed by atoms with Gasteiger partial charge in [-0.1, -0.05) is 19.1 Å². The van der Waals surface area contributed by atoms with Crippen molar-refractivity contribution >= 4 is 29.3 Å². The molecule has 0 unspecified atom stereocenters. The fourth-order valence-corrected chi connectivity index (χ4v) is 2.74. The Morgan fingerprint density at radius 3 is 2.54 bits per heavy atom. The summed E-state index contributed by atoms with van der Waals surface area (Å²) in [4.78, 5) is 24.4. The van der Waals surface area contributed by atoms with Crippen LogP contribution in [-0.4, -0.2) is 47.5 Å². The highest BCUT2D eigenvalue weighted by Gasteiger charge is 2.32. The third-order valence-electron chi connectivity index (χ3n) is 2.98. The van der Waals surface area contributed by atoms with E-state index >= 15 is 0 Å². The molecule has 1 aromatic carbocycles. The minimum Gasteiger partial charge on any atom is -0.333 e. The number of benzene rings is 1. The fourth-order valence-electron chi connectivity index (χ4n) is 2.02. The molecule has 0 bridgehead atoms. The normalized spacial score (nSPS) is 11.2. The molecule has 0 aromatic heterocycles. The van der Waals surface area contributed by atoms with Crippen LogP contribution in [0, 0.1) is 6.92 Å². The lowest BCUT2D eigenvalue weighted by Crippen LogP contribution is -2.40. The Morgan fingerprint density at radius 2 is 1.96 bits per heavy atom. The number of hydrogen-bond donors (Lipinski definition) is 1. The van der Waals surface area contributed by atoms with Crippen LogP contribution in [0.15, 0.2) is 24.3 Å². The van der Waals surface area contributed by atoms with E-state index < -0.39 is 18.6 Å². The predicted molar refractivity (Wildman–Crippen MR) is 90.1 cm³/mol. The van der Waals surface area contributed by atoms with E-state index in [4.69, 9.17) is 0 Å². The highest BCUT2D eigenvalue weighted by atomic mass is 32.2. The molecule has 0 aliphatic rings. The second kappa shape index (κ2) is 9.56. The van der Waals surface area contributed by atoms with Crippen molar-refractivity contribution in [2.45, 2.75) is 26.4 Å². The second-order valence-electron chi connectivity index (χ2n) is 5.34. The number of amides is 2. The number of carbonyl (C=O) groups excluding carboxylic acids is 2. The molecule has 1 rings (SSSR count). The van der Waals surface area contributed by atoms with Crippen molar-refractivity contribution in [1.82, 2.24) is 4.90 Å². The third-order valence-corrected chi connectivity index (χ3v) is 3.89. The molecule has 4 nitrogen and oxygen atoms in total. The molecule has 0 aliphatic heterocycles. The largest absolute Gasteiger partial charge is 0.406 e. The van der Waals surface area contributed by atoms with E-state index in [1.54, 1.807) is 25.1 Å². The smallest absolute Gasteiger partial charge is 0.333 e. The number of nitrogens with zero attached hydrogens (tertiary/aromatic N) is 1. The molecule has 0 fully saturated rings. The molecule has 0 radical (unpaired) electrons. The number of aryl methyl sites for hydroxylation is 1. The molecule has 0 saturated carbocycles. The molecule has 24 heavy (non-hydrogen) atoms. The van der Waals surface area contributed by atoms with Crippen LogP contribution in [0.2, 0.25) is 0 Å². The van der Waals surface area contributed by atoms with Gasteiger partial charge < -0.3 is 10.2 Å². The van der Waals surface area contributed by atoms with Crippen LogP contribution in [0.1, 0.15) is 18.9 Å². The molecule has 134 valence electrons. The van der Waals surface area contributed by atoms with Gasteiger partial charge in [-0.3, -0.25) is 9.59 Å². The van der Waals surface area contributed by atoms with E-state index in [-0.39, 0.29) is 24.0 Å². The van der Waals surface area contributed by atoms with Crippen molar-refractivity contribution in [3.05, 3.63) is 29.8 Å². The SMILES string of the molecule is CCCN(CC(F)(F)F)C(=O)CSCC(=O)Nc1cccc(C)c1. The second-order valence-corrected chi connectivity index (χ2v) is 6.33. The van der Waals surface area contributed by atoms with Crippen LogP contribution in [0.4, 0.5) is 18.9 Å². The van der Waals surface area contributed by atoms with Crippen molar-refractivity contribution in [3.8, 4) is 0 Å². The topological polar surface area (TPSA) is 49.4 Å². The van der Waals surface area contributed by atoms with Crippen LogP contribution in [0.5, 0.6) is 0 Å². The van der Waals surface area contributed by atoms with Gasteiger partial charge in [-0.25, -0.2) is 0 Å². The summed E-state index contributed by atoms with van der Waals surface area (Å²) in [5.41, 5.74) is 1.65. The van der Waals surface area contributed by atoms with Gasteiger partial charge in [-0.05, 0) is 31.0 Å². The van der Waals surface area contributed by atoms with Crippen LogP contribution >= 0.6 is 11.8 Å². The average molecular weight is 362 g/mol. The van der Waals surface area contributed by atoms with Crippen molar-refractivity contribution < 1.29 is 22.8 Å². The summed E-state index contributed by atoms with van der Waals surface area (Å²) in [5.74, 6) is -1.05. The van der Waals surface area contributed by atoms with Crippen molar-refractivity contribution in [1.29, 1.82) is 0 Å². The standard InChI is InChI=1S/C16H21F3N2O2S/c1-3-7-21(11-16(17,18)19)15(23)10-24-9-14(22)20-13-6-4-5-12(2)8-13/h4-6,8H,3,7,9-11H2,1-2H3,(H,20,22). The predicted octanol–water partition coefficient (Wildman–Crippen LogP) is 3.47. The Bertz CT molecular complexity index is 564. The van der Waals surface area contributed by atoms with E-state index in [9.17, 15) is 22.8 Å². The van der Waals surface area contributed by atoms with Gasteiger partial charge in [0.1, 0.15) is 6.54 Å². The van der Waals surface area contributed by atoms with Gasteiger partial charge in [0, 0.05) is 12.2 Å². The summed E-state index contributed by atoms with van der Waals surface area (Å²) in [7, 11) is 0. The number of anilines is 1. The highest BCUT2D eigenvalue weighted by Crippen LogP contribution is 2.18. The van der Waals surface area contributed by atoms with E-state index in [1.165, 1.54) is 0 Å². The maximum absolute atomic E-state index is 12.4. The average Bonchev–Trinajstić information content (AvgIpc) is 2.45. The summed E-state index contributed by atoms with van der Waals surface area (Å²) >= 11 is 1.00. The molecule has 0 atom stereocenters. The van der Waals surface area contributed by atoms with Gasteiger partial charge in [0.2, 0.25) is 11.8 Å². The first-order chi connectivity index (χ1) is 11.2. The molecule has 0 aliphatic carbocycles. The Morgan fingerprint density at radius 1 is 1.25 bits per heavy atom. The summed E-state index contributed by atoms with van der Waals surface area (Å²) in [5, 5.41) is 2.68. The molecule has 0 saturated heterocycles. The molecular weight excluding hydrogens is 341 g/mol. The van der Waals surface area contributed by atoms with Crippen LogP contribution in [0.25, 0.3) is 0 Å². The summed E-state index contributed by atoms with van der Waals surface area (Å²) in [6.07, 6.45) is -3.97. The zero-order valence-electron chi connectivity index (χ0n) is 13.7. The lowest BCUT2D eigenvalue weighted by Gasteiger charge is -2.23. The van der Waals surface area contributed by atoms with Gasteiger partial charge in [0.25, 0.3) is 0 Å². The minimum atomic E-state index is -4.42. The lowest BCUT2D eigenvalue weighted by molar-refractivity contribution is -0.159. The maximum atomic E-state index is 12.4. The van der Waals surface area contributed by atoms with Gasteiger partial charge >= 0.3 is 6.18 Å². The van der Waals surface area contributed by atoms with Gasteiger partial charge in [0.05, 0.1) is 11.5 Å². The van der Waals surface area contributed by atoms with E-state index in [2.05, 4.69) is 5.32 Å². The number of thioether (sulfide) groups is 1. The van der Waals surface area contributed by atoms with Crippen LogP contribution < -0.4 is 5.32 Å².